The van der Waals surface area contributed by atoms with E-state index < -0.39 is 6.29 Å². The van der Waals surface area contributed by atoms with Crippen LogP contribution in [0.15, 0.2) is 30.5 Å². The van der Waals surface area contributed by atoms with Crippen LogP contribution in [0.4, 0.5) is 0 Å². The number of aryl methyl sites for hydroxylation is 1. The van der Waals surface area contributed by atoms with E-state index in [4.69, 9.17) is 9.47 Å². The predicted molar refractivity (Wildman–Crippen MR) is 76.1 cm³/mol. The van der Waals surface area contributed by atoms with Gasteiger partial charge in [0.15, 0.2) is 0 Å². The molecule has 1 aliphatic heterocycles. The second kappa shape index (κ2) is 4.11. The molecular weight excluding hydrogens is 252 g/mol. The number of hydrogen-bond donors (Lipinski definition) is 0. The van der Waals surface area contributed by atoms with Crippen molar-refractivity contribution in [1.29, 1.82) is 0 Å². The number of rotatable bonds is 1. The summed E-state index contributed by atoms with van der Waals surface area (Å²) < 4.78 is 11.0. The average Bonchev–Trinajstić information content (AvgIpc) is 2.81. The van der Waals surface area contributed by atoms with Gasteiger partial charge >= 0.3 is 5.97 Å². The van der Waals surface area contributed by atoms with E-state index in [0.717, 1.165) is 6.42 Å². The van der Waals surface area contributed by atoms with Gasteiger partial charge < -0.3 is 9.47 Å². The molecule has 1 heterocycles. The van der Waals surface area contributed by atoms with Crippen molar-refractivity contribution in [3.63, 3.8) is 0 Å². The Kier molecular flexibility index (Phi) is 2.72. The van der Waals surface area contributed by atoms with E-state index in [9.17, 15) is 4.79 Å². The van der Waals surface area contributed by atoms with Gasteiger partial charge in [0.25, 0.3) is 6.29 Å². The summed E-state index contributed by atoms with van der Waals surface area (Å²) in [6.07, 6.45) is 4.04. The molecule has 0 N–H and O–H groups in total. The van der Waals surface area contributed by atoms with Crippen molar-refractivity contribution in [3.05, 3.63) is 47.2 Å². The fourth-order valence-electron chi connectivity index (χ4n) is 3.63. The molecule has 2 aliphatic rings. The first-order chi connectivity index (χ1) is 9.37. The van der Waals surface area contributed by atoms with Crippen molar-refractivity contribution in [1.82, 2.24) is 0 Å². The largest absolute Gasteiger partial charge is 0.462 e. The fraction of sp³-hybridized carbons (Fsp3) is 0.471. The van der Waals surface area contributed by atoms with Crippen molar-refractivity contribution < 1.29 is 14.3 Å². The van der Waals surface area contributed by atoms with Gasteiger partial charge in [0.05, 0.1) is 11.7 Å². The number of fused-ring (bicyclic) bond motifs is 1. The van der Waals surface area contributed by atoms with Gasteiger partial charge in [0.2, 0.25) is 0 Å². The molecule has 3 nitrogen and oxygen atoms in total. The van der Waals surface area contributed by atoms with Crippen LogP contribution < -0.4 is 0 Å². The highest BCUT2D eigenvalue weighted by atomic mass is 16.7. The summed E-state index contributed by atoms with van der Waals surface area (Å²) in [5.74, 6) is -0.305. The standard InChI is InChI=1S/C17H20O3/c1-11-5-6-14-13(9-11)10-17(16(14,3)4)7-8-19-15(17)20-12(2)18/h5-9,15H,10H2,1-4H3/t15-,17-/m1/s1. The molecule has 0 amide bonds. The molecule has 0 saturated carbocycles. The molecule has 0 radical (unpaired) electrons. The monoisotopic (exact) mass is 272 g/mol. The third kappa shape index (κ3) is 1.62. The first-order valence-corrected chi connectivity index (χ1v) is 6.97. The maximum absolute atomic E-state index is 11.3. The van der Waals surface area contributed by atoms with E-state index in [1.807, 2.05) is 0 Å². The Morgan fingerprint density at radius 1 is 1.40 bits per heavy atom. The lowest BCUT2D eigenvalue weighted by atomic mass is 9.66. The van der Waals surface area contributed by atoms with Crippen LogP contribution in [0.1, 0.15) is 37.5 Å². The maximum atomic E-state index is 11.3. The lowest BCUT2D eigenvalue weighted by Gasteiger charge is -2.40. The molecule has 0 fully saturated rings. The van der Waals surface area contributed by atoms with Gasteiger partial charge in [0, 0.05) is 12.3 Å². The van der Waals surface area contributed by atoms with Crippen molar-refractivity contribution in [2.45, 2.75) is 45.8 Å². The first kappa shape index (κ1) is 13.2. The van der Waals surface area contributed by atoms with Crippen LogP contribution in [0.25, 0.3) is 0 Å². The van der Waals surface area contributed by atoms with Gasteiger partial charge in [0.1, 0.15) is 0 Å². The maximum Gasteiger partial charge on any atom is 0.305 e. The Morgan fingerprint density at radius 3 is 2.85 bits per heavy atom. The van der Waals surface area contributed by atoms with E-state index in [0.29, 0.717) is 0 Å². The number of hydrogen-bond acceptors (Lipinski definition) is 3. The average molecular weight is 272 g/mol. The second-order valence-corrected chi connectivity index (χ2v) is 6.38. The lowest BCUT2D eigenvalue weighted by molar-refractivity contribution is -0.184. The van der Waals surface area contributed by atoms with E-state index in [1.54, 1.807) is 6.26 Å². The predicted octanol–water partition coefficient (Wildman–Crippen LogP) is 3.25. The molecule has 1 aromatic rings. The minimum atomic E-state index is -0.539. The minimum absolute atomic E-state index is 0.136. The van der Waals surface area contributed by atoms with Crippen LogP contribution in [0.5, 0.6) is 0 Å². The lowest BCUT2D eigenvalue weighted by Crippen LogP contribution is -2.46. The molecule has 1 aliphatic carbocycles. The summed E-state index contributed by atoms with van der Waals surface area (Å²) in [6, 6.07) is 6.55. The topological polar surface area (TPSA) is 35.5 Å². The highest BCUT2D eigenvalue weighted by Crippen LogP contribution is 2.57. The zero-order valence-corrected chi connectivity index (χ0v) is 12.4. The van der Waals surface area contributed by atoms with Crippen LogP contribution in [-0.2, 0) is 26.1 Å². The molecule has 0 saturated heterocycles. The smallest absolute Gasteiger partial charge is 0.305 e. The molecule has 2 atom stereocenters. The third-order valence-electron chi connectivity index (χ3n) is 4.84. The quantitative estimate of drug-likeness (QED) is 0.736. The second-order valence-electron chi connectivity index (χ2n) is 6.38. The summed E-state index contributed by atoms with van der Waals surface area (Å²) in [7, 11) is 0. The summed E-state index contributed by atoms with van der Waals surface area (Å²) in [6.45, 7) is 7.92. The number of carbonyl (C=O) groups is 1. The third-order valence-corrected chi connectivity index (χ3v) is 4.84. The van der Waals surface area contributed by atoms with Gasteiger partial charge in [-0.05, 0) is 30.5 Å². The highest BCUT2D eigenvalue weighted by molar-refractivity contribution is 5.66. The summed E-state index contributed by atoms with van der Waals surface area (Å²) in [5.41, 5.74) is 3.44. The minimum Gasteiger partial charge on any atom is -0.462 e. The van der Waals surface area contributed by atoms with Crippen molar-refractivity contribution in [2.24, 2.45) is 5.41 Å². The first-order valence-electron chi connectivity index (χ1n) is 6.97. The fourth-order valence-corrected chi connectivity index (χ4v) is 3.63. The summed E-state index contributed by atoms with van der Waals surface area (Å²) >= 11 is 0. The van der Waals surface area contributed by atoms with Crippen LogP contribution >= 0.6 is 0 Å². The zero-order valence-electron chi connectivity index (χ0n) is 12.4. The molecule has 0 unspecified atom stereocenters. The molecule has 1 spiro atoms. The molecule has 1 aromatic carbocycles. The van der Waals surface area contributed by atoms with E-state index in [2.05, 4.69) is 45.0 Å². The van der Waals surface area contributed by atoms with Gasteiger partial charge in [-0.1, -0.05) is 37.6 Å². The SMILES string of the molecule is CC(=O)O[C@H]1OC=C[C@@]12Cc1cc(C)ccc1C2(C)C. The Morgan fingerprint density at radius 2 is 2.15 bits per heavy atom. The van der Waals surface area contributed by atoms with E-state index in [1.165, 1.54) is 23.6 Å². The van der Waals surface area contributed by atoms with Crippen LogP contribution in [0.3, 0.4) is 0 Å². The Hall–Kier alpha value is -1.77. The zero-order chi connectivity index (χ0) is 14.5. The number of benzene rings is 1. The van der Waals surface area contributed by atoms with Crippen LogP contribution in [0.2, 0.25) is 0 Å². The molecular formula is C17H20O3. The van der Waals surface area contributed by atoms with E-state index >= 15 is 0 Å². The Balaban J connectivity index is 2.08. The van der Waals surface area contributed by atoms with Crippen LogP contribution in [0, 0.1) is 12.3 Å². The van der Waals surface area contributed by atoms with Crippen molar-refractivity contribution >= 4 is 5.97 Å². The molecule has 3 rings (SSSR count). The Labute approximate surface area is 119 Å². The molecule has 0 bridgehead atoms. The number of carbonyl (C=O) groups excluding carboxylic acids is 1. The normalized spacial score (nSPS) is 29.3. The van der Waals surface area contributed by atoms with Crippen molar-refractivity contribution in [2.75, 3.05) is 0 Å². The van der Waals surface area contributed by atoms with Crippen molar-refractivity contribution in [3.8, 4) is 0 Å². The van der Waals surface area contributed by atoms with E-state index in [-0.39, 0.29) is 16.8 Å². The van der Waals surface area contributed by atoms with Crippen LogP contribution in [-0.4, -0.2) is 12.3 Å². The van der Waals surface area contributed by atoms with Gasteiger partial charge in [-0.25, -0.2) is 0 Å². The molecule has 0 aromatic heterocycles. The Bertz CT molecular complexity index is 600. The summed E-state index contributed by atoms with van der Waals surface area (Å²) in [5, 5.41) is 0. The number of esters is 1. The van der Waals surface area contributed by atoms with Gasteiger partial charge in [-0.3, -0.25) is 4.79 Å². The highest BCUT2D eigenvalue weighted by Gasteiger charge is 2.59. The van der Waals surface area contributed by atoms with Gasteiger partial charge in [-0.2, -0.15) is 0 Å². The molecule has 20 heavy (non-hydrogen) atoms. The summed E-state index contributed by atoms with van der Waals surface area (Å²) in [4.78, 5) is 11.3. The van der Waals surface area contributed by atoms with Gasteiger partial charge in [-0.15, -0.1) is 0 Å². The molecule has 3 heteroatoms. The molecule has 106 valence electrons. The number of ether oxygens (including phenoxy) is 2.